The molecule has 8 heteroatoms. The van der Waals surface area contributed by atoms with Crippen LogP contribution in [0.3, 0.4) is 0 Å². The van der Waals surface area contributed by atoms with Gasteiger partial charge in [0.25, 0.3) is 0 Å². The van der Waals surface area contributed by atoms with Gasteiger partial charge in [0.05, 0.1) is 11.9 Å². The predicted octanol–water partition coefficient (Wildman–Crippen LogP) is 4.64. The molecular formula is C24H30N6O2. The Labute approximate surface area is 188 Å². The van der Waals surface area contributed by atoms with Gasteiger partial charge in [-0.3, -0.25) is 4.79 Å². The number of pyridine rings is 2. The Morgan fingerprint density at radius 2 is 1.84 bits per heavy atom. The fourth-order valence-corrected chi connectivity index (χ4v) is 3.14. The minimum atomic E-state index is -0.460. The summed E-state index contributed by atoms with van der Waals surface area (Å²) in [6.45, 7) is 7.64. The number of aryl methyl sites for hydroxylation is 1. The number of benzene rings is 1. The Bertz CT molecular complexity index is 1130. The van der Waals surface area contributed by atoms with Crippen molar-refractivity contribution >= 4 is 23.3 Å². The van der Waals surface area contributed by atoms with Crippen LogP contribution in [0.25, 0.3) is 11.3 Å². The number of rotatable bonds is 7. The number of carbonyl (C=O) groups excluding carboxylic acids is 1. The molecular weight excluding hydrogens is 404 g/mol. The topological polar surface area (TPSA) is 140 Å². The molecule has 2 heterocycles. The second kappa shape index (κ2) is 10.9. The number of carbonyl (C=O) groups is 1. The summed E-state index contributed by atoms with van der Waals surface area (Å²) >= 11 is 0. The van der Waals surface area contributed by atoms with Gasteiger partial charge in [0.15, 0.2) is 0 Å². The fraction of sp³-hybridized carbons (Fsp3) is 0.250. The van der Waals surface area contributed by atoms with Crippen LogP contribution >= 0.6 is 0 Å². The number of nitrogens with two attached hydrogens (primary N) is 2. The highest BCUT2D eigenvalue weighted by Gasteiger charge is 2.12. The summed E-state index contributed by atoms with van der Waals surface area (Å²) in [5, 5.41) is 10.9. The van der Waals surface area contributed by atoms with E-state index < -0.39 is 5.91 Å². The van der Waals surface area contributed by atoms with Gasteiger partial charge in [0.2, 0.25) is 5.91 Å². The van der Waals surface area contributed by atoms with Gasteiger partial charge in [0, 0.05) is 41.6 Å². The first kappa shape index (κ1) is 24.3. The van der Waals surface area contributed by atoms with Crippen LogP contribution in [-0.4, -0.2) is 28.6 Å². The van der Waals surface area contributed by atoms with E-state index in [-0.39, 0.29) is 0 Å². The van der Waals surface area contributed by atoms with Gasteiger partial charge in [0.1, 0.15) is 23.1 Å². The molecule has 1 aromatic carbocycles. The van der Waals surface area contributed by atoms with E-state index in [1.807, 2.05) is 26.8 Å². The molecule has 0 atom stereocenters. The average molecular weight is 435 g/mol. The molecule has 3 rings (SSSR count). The predicted molar refractivity (Wildman–Crippen MR) is 130 cm³/mol. The average Bonchev–Trinajstić information content (AvgIpc) is 2.79. The number of nitrogens with zero attached hydrogens (tertiary/aromatic N) is 2. The molecule has 0 saturated carbocycles. The molecule has 1 amide bonds. The van der Waals surface area contributed by atoms with Crippen molar-refractivity contribution in [1.82, 2.24) is 9.97 Å². The molecule has 6 N–H and O–H groups in total. The Morgan fingerprint density at radius 3 is 2.44 bits per heavy atom. The fourth-order valence-electron chi connectivity index (χ4n) is 3.14. The van der Waals surface area contributed by atoms with E-state index in [2.05, 4.69) is 15.3 Å². The van der Waals surface area contributed by atoms with Crippen LogP contribution in [0.1, 0.15) is 49.2 Å². The van der Waals surface area contributed by atoms with Gasteiger partial charge in [-0.05, 0) is 37.1 Å². The monoisotopic (exact) mass is 434 g/mol. The zero-order chi connectivity index (χ0) is 23.8. The molecule has 168 valence electrons. The molecule has 8 nitrogen and oxygen atoms in total. The van der Waals surface area contributed by atoms with E-state index in [0.29, 0.717) is 52.1 Å². The van der Waals surface area contributed by atoms with Crippen LogP contribution in [0.15, 0.2) is 42.6 Å². The number of nitrogens with one attached hydrogen (secondary N) is 2. The lowest BCUT2D eigenvalue weighted by molar-refractivity contribution is 0.0999. The van der Waals surface area contributed by atoms with Crippen LogP contribution in [0.2, 0.25) is 0 Å². The Kier molecular flexibility index (Phi) is 8.29. The molecule has 0 fully saturated rings. The summed E-state index contributed by atoms with van der Waals surface area (Å²) in [6, 6.07) is 10.5. The van der Waals surface area contributed by atoms with Crippen molar-refractivity contribution in [2.45, 2.75) is 34.1 Å². The quantitative estimate of drug-likeness (QED) is 0.400. The molecule has 0 unspecified atom stereocenters. The number of ether oxygens (including phenoxy) is 1. The summed E-state index contributed by atoms with van der Waals surface area (Å²) in [5.74, 6) is 1.40. The maximum absolute atomic E-state index is 11.6. The molecule has 0 aliphatic carbocycles. The van der Waals surface area contributed by atoms with Crippen LogP contribution in [0.4, 0.5) is 11.6 Å². The molecule has 0 bridgehead atoms. The van der Waals surface area contributed by atoms with Gasteiger partial charge in [-0.15, -0.1) is 0 Å². The Morgan fingerprint density at radius 1 is 1.12 bits per heavy atom. The second-order valence-electron chi connectivity index (χ2n) is 6.75. The first-order chi connectivity index (χ1) is 15.3. The van der Waals surface area contributed by atoms with Crippen molar-refractivity contribution < 1.29 is 9.53 Å². The largest absolute Gasteiger partial charge is 0.456 e. The van der Waals surface area contributed by atoms with Gasteiger partial charge in [-0.1, -0.05) is 26.8 Å². The Balaban J connectivity index is 0.00000176. The van der Waals surface area contributed by atoms with Crippen molar-refractivity contribution in [1.29, 1.82) is 5.41 Å². The molecule has 0 saturated heterocycles. The normalized spacial score (nSPS) is 10.0. The lowest BCUT2D eigenvalue weighted by atomic mass is 9.99. The van der Waals surface area contributed by atoms with E-state index in [4.69, 9.17) is 21.6 Å². The van der Waals surface area contributed by atoms with Crippen molar-refractivity contribution in [2.75, 3.05) is 18.1 Å². The smallest absolute Gasteiger partial charge is 0.248 e. The number of amides is 1. The van der Waals surface area contributed by atoms with Gasteiger partial charge >= 0.3 is 0 Å². The third-order valence-corrected chi connectivity index (χ3v) is 4.61. The highest BCUT2D eigenvalue weighted by molar-refractivity contribution is 6.00. The molecule has 0 radical (unpaired) electrons. The molecule has 3 aromatic rings. The number of hydrogen-bond donors (Lipinski definition) is 4. The van der Waals surface area contributed by atoms with E-state index in [0.717, 1.165) is 11.1 Å². The van der Waals surface area contributed by atoms with Crippen molar-refractivity contribution in [3.05, 3.63) is 59.3 Å². The lowest BCUT2D eigenvalue weighted by Crippen LogP contribution is -2.13. The minimum absolute atomic E-state index is 0.294. The maximum Gasteiger partial charge on any atom is 0.248 e. The molecule has 32 heavy (non-hydrogen) atoms. The standard InChI is InChI=1S/C22H24N6O2.C2H6/c1-4-13-7-14(5-6-17(13)21(25)29)19-9-15(10-20(24)28-19)30-16-8-18(12(2)23)22(26-3)27-11-16;1-2/h5-11,23H,4H2,1-3H3,(H2,24,28)(H2,25,29)(H,26,27);1-2H3. The molecule has 0 spiro atoms. The van der Waals surface area contributed by atoms with Crippen LogP contribution in [0, 0.1) is 5.41 Å². The summed E-state index contributed by atoms with van der Waals surface area (Å²) in [4.78, 5) is 20.3. The SMILES string of the molecule is CC.CCc1cc(-c2cc(Oc3cnc(NC)c(C(C)=N)c3)cc(N)n2)ccc1C(N)=O. The van der Waals surface area contributed by atoms with Gasteiger partial charge in [-0.2, -0.15) is 0 Å². The van der Waals surface area contributed by atoms with E-state index in [1.54, 1.807) is 50.5 Å². The molecule has 0 aliphatic rings. The van der Waals surface area contributed by atoms with Crippen LogP contribution in [-0.2, 0) is 6.42 Å². The van der Waals surface area contributed by atoms with Gasteiger partial charge in [-0.25, -0.2) is 9.97 Å². The zero-order valence-corrected chi connectivity index (χ0v) is 19.1. The highest BCUT2D eigenvalue weighted by Crippen LogP contribution is 2.30. The molecule has 2 aromatic heterocycles. The summed E-state index contributed by atoms with van der Waals surface area (Å²) in [7, 11) is 1.75. The van der Waals surface area contributed by atoms with Crippen LogP contribution < -0.4 is 21.5 Å². The first-order valence-electron chi connectivity index (χ1n) is 10.4. The number of hydrogen-bond acceptors (Lipinski definition) is 7. The third-order valence-electron chi connectivity index (χ3n) is 4.61. The Hall–Kier alpha value is -3.94. The van der Waals surface area contributed by atoms with Crippen molar-refractivity contribution in [2.24, 2.45) is 5.73 Å². The number of primary amides is 1. The second-order valence-corrected chi connectivity index (χ2v) is 6.75. The van der Waals surface area contributed by atoms with E-state index in [1.165, 1.54) is 0 Å². The number of anilines is 2. The highest BCUT2D eigenvalue weighted by atomic mass is 16.5. The van der Waals surface area contributed by atoms with E-state index in [9.17, 15) is 4.79 Å². The maximum atomic E-state index is 11.6. The minimum Gasteiger partial charge on any atom is -0.456 e. The number of nitrogen functional groups attached to an aromatic ring is 1. The van der Waals surface area contributed by atoms with Crippen molar-refractivity contribution in [3.8, 4) is 22.8 Å². The van der Waals surface area contributed by atoms with Gasteiger partial charge < -0.3 is 26.9 Å². The lowest BCUT2D eigenvalue weighted by Gasteiger charge is -2.12. The van der Waals surface area contributed by atoms with Crippen molar-refractivity contribution in [3.63, 3.8) is 0 Å². The zero-order valence-electron chi connectivity index (χ0n) is 19.1. The first-order valence-corrected chi connectivity index (χ1v) is 10.4. The van der Waals surface area contributed by atoms with E-state index >= 15 is 0 Å². The number of aromatic nitrogens is 2. The summed E-state index contributed by atoms with van der Waals surface area (Å²) < 4.78 is 5.95. The summed E-state index contributed by atoms with van der Waals surface area (Å²) in [5.41, 5.74) is 15.2. The van der Waals surface area contributed by atoms with Crippen LogP contribution in [0.5, 0.6) is 11.5 Å². The summed E-state index contributed by atoms with van der Waals surface area (Å²) in [6.07, 6.45) is 2.23. The third kappa shape index (κ3) is 5.60. The molecule has 0 aliphatic heterocycles.